The maximum atomic E-state index is 9.82. The molecule has 2 rings (SSSR count). The number of benzene rings is 1. The number of hydrogen-bond donors (Lipinski definition) is 1. The molecule has 0 aliphatic carbocycles. The van der Waals surface area contributed by atoms with Crippen molar-refractivity contribution in [3.8, 4) is 0 Å². The monoisotopic (exact) mass is 261 g/mol. The van der Waals surface area contributed by atoms with Crippen LogP contribution in [-0.2, 0) is 5.41 Å². The van der Waals surface area contributed by atoms with Crippen molar-refractivity contribution in [3.63, 3.8) is 0 Å². The Kier molecular flexibility index (Phi) is 4.32. The third-order valence-electron chi connectivity index (χ3n) is 4.26. The fourth-order valence-corrected chi connectivity index (χ4v) is 2.93. The van der Waals surface area contributed by atoms with Gasteiger partial charge in [-0.05, 0) is 55.0 Å². The minimum absolute atomic E-state index is 0.160. The number of aliphatic hydroxyl groups excluding tert-OH is 1. The van der Waals surface area contributed by atoms with Gasteiger partial charge in [0.1, 0.15) is 0 Å². The van der Waals surface area contributed by atoms with Gasteiger partial charge >= 0.3 is 0 Å². The molecule has 1 heterocycles. The Hall–Kier alpha value is -0.860. The van der Waals surface area contributed by atoms with Crippen molar-refractivity contribution in [2.24, 2.45) is 0 Å². The predicted octanol–water partition coefficient (Wildman–Crippen LogP) is 3.42. The van der Waals surface area contributed by atoms with Crippen molar-refractivity contribution in [1.82, 2.24) is 4.90 Å². The summed E-state index contributed by atoms with van der Waals surface area (Å²) in [6, 6.07) is 6.89. The molecule has 1 aliphatic rings. The summed E-state index contributed by atoms with van der Waals surface area (Å²) in [5.41, 5.74) is 4.11. The number of aliphatic hydroxyl groups is 1. The van der Waals surface area contributed by atoms with E-state index in [1.54, 1.807) is 0 Å². The Labute approximate surface area is 117 Å². The summed E-state index contributed by atoms with van der Waals surface area (Å²) in [7, 11) is 0. The number of aryl methyl sites for hydroxylation is 1. The highest BCUT2D eigenvalue weighted by Crippen LogP contribution is 2.31. The lowest BCUT2D eigenvalue weighted by Gasteiger charge is -2.29. The Morgan fingerprint density at radius 1 is 1.21 bits per heavy atom. The van der Waals surface area contributed by atoms with Gasteiger partial charge in [0.25, 0.3) is 0 Å². The lowest BCUT2D eigenvalue weighted by Crippen LogP contribution is -2.29. The molecule has 1 aromatic carbocycles. The fraction of sp³-hybridized carbons (Fsp3) is 0.647. The van der Waals surface area contributed by atoms with Crippen LogP contribution in [0.2, 0.25) is 0 Å². The Balaban J connectivity index is 2.35. The highest BCUT2D eigenvalue weighted by Gasteiger charge is 2.25. The van der Waals surface area contributed by atoms with Crippen LogP contribution in [0.25, 0.3) is 0 Å². The van der Waals surface area contributed by atoms with Crippen LogP contribution in [0.1, 0.15) is 56.3 Å². The zero-order chi connectivity index (χ0) is 14.0. The average molecular weight is 261 g/mol. The molecule has 2 nitrogen and oxygen atoms in total. The van der Waals surface area contributed by atoms with Crippen molar-refractivity contribution in [3.05, 3.63) is 34.9 Å². The van der Waals surface area contributed by atoms with E-state index in [9.17, 15) is 5.11 Å². The molecule has 19 heavy (non-hydrogen) atoms. The average Bonchev–Trinajstić information content (AvgIpc) is 2.84. The predicted molar refractivity (Wildman–Crippen MR) is 80.5 cm³/mol. The molecule has 1 atom stereocenters. The zero-order valence-corrected chi connectivity index (χ0v) is 12.7. The van der Waals surface area contributed by atoms with Gasteiger partial charge in [-0.1, -0.05) is 39.0 Å². The van der Waals surface area contributed by atoms with E-state index >= 15 is 0 Å². The molecule has 0 spiro atoms. The van der Waals surface area contributed by atoms with Crippen LogP contribution in [0.15, 0.2) is 18.2 Å². The van der Waals surface area contributed by atoms with Crippen LogP contribution in [-0.4, -0.2) is 29.7 Å². The molecule has 0 bridgehead atoms. The largest absolute Gasteiger partial charge is 0.394 e. The molecular weight excluding hydrogens is 234 g/mol. The second kappa shape index (κ2) is 5.64. The molecule has 1 aromatic rings. The number of likely N-dealkylation sites (tertiary alicyclic amines) is 1. The van der Waals surface area contributed by atoms with E-state index in [2.05, 4.69) is 50.8 Å². The van der Waals surface area contributed by atoms with Crippen molar-refractivity contribution < 1.29 is 5.11 Å². The SMILES string of the molecule is Cc1ccc(C(C)(C)C)cc1C(CO)N1CCCC1. The maximum absolute atomic E-state index is 9.82. The highest BCUT2D eigenvalue weighted by molar-refractivity contribution is 5.36. The van der Waals surface area contributed by atoms with Gasteiger partial charge in [-0.15, -0.1) is 0 Å². The van der Waals surface area contributed by atoms with Gasteiger partial charge in [0.2, 0.25) is 0 Å². The summed E-state index contributed by atoms with van der Waals surface area (Å²) >= 11 is 0. The third-order valence-corrected chi connectivity index (χ3v) is 4.26. The summed E-state index contributed by atoms with van der Waals surface area (Å²) < 4.78 is 0. The van der Waals surface area contributed by atoms with Crippen LogP contribution in [0.3, 0.4) is 0 Å². The molecule has 1 saturated heterocycles. The summed E-state index contributed by atoms with van der Waals surface area (Å²) in [6.07, 6.45) is 2.52. The zero-order valence-electron chi connectivity index (χ0n) is 12.7. The van der Waals surface area contributed by atoms with E-state index in [0.717, 1.165) is 13.1 Å². The number of hydrogen-bond acceptors (Lipinski definition) is 2. The Morgan fingerprint density at radius 2 is 1.84 bits per heavy atom. The van der Waals surface area contributed by atoms with Gasteiger partial charge in [-0.2, -0.15) is 0 Å². The normalized spacial score (nSPS) is 18.8. The first-order chi connectivity index (χ1) is 8.93. The van der Waals surface area contributed by atoms with E-state index < -0.39 is 0 Å². The van der Waals surface area contributed by atoms with Crippen LogP contribution in [0, 0.1) is 6.92 Å². The fourth-order valence-electron chi connectivity index (χ4n) is 2.93. The Bertz CT molecular complexity index is 427. The van der Waals surface area contributed by atoms with Gasteiger partial charge in [-0.3, -0.25) is 4.90 Å². The van der Waals surface area contributed by atoms with Gasteiger partial charge in [-0.25, -0.2) is 0 Å². The molecule has 0 aromatic heterocycles. The van der Waals surface area contributed by atoms with Crippen LogP contribution < -0.4 is 0 Å². The smallest absolute Gasteiger partial charge is 0.0628 e. The quantitative estimate of drug-likeness (QED) is 0.901. The van der Waals surface area contributed by atoms with E-state index in [0.29, 0.717) is 0 Å². The standard InChI is InChI=1S/C17H27NO/c1-13-7-8-14(17(2,3)4)11-15(13)16(12-19)18-9-5-6-10-18/h7-8,11,16,19H,5-6,9-10,12H2,1-4H3. The summed E-state index contributed by atoms with van der Waals surface area (Å²) in [5, 5.41) is 9.82. The number of rotatable bonds is 3. The molecule has 0 amide bonds. The van der Waals surface area contributed by atoms with Crippen LogP contribution >= 0.6 is 0 Å². The molecule has 1 unspecified atom stereocenters. The first-order valence-corrected chi connectivity index (χ1v) is 7.39. The lowest BCUT2D eigenvalue weighted by atomic mass is 9.84. The van der Waals surface area contributed by atoms with E-state index in [4.69, 9.17) is 0 Å². The highest BCUT2D eigenvalue weighted by atomic mass is 16.3. The van der Waals surface area contributed by atoms with Crippen molar-refractivity contribution >= 4 is 0 Å². The van der Waals surface area contributed by atoms with Crippen LogP contribution in [0.5, 0.6) is 0 Å². The summed E-state index contributed by atoms with van der Waals surface area (Å²) in [6.45, 7) is 11.3. The lowest BCUT2D eigenvalue weighted by molar-refractivity contribution is 0.146. The molecular formula is C17H27NO. The summed E-state index contributed by atoms with van der Waals surface area (Å²) in [5.74, 6) is 0. The second-order valence-corrected chi connectivity index (χ2v) is 6.76. The maximum Gasteiger partial charge on any atom is 0.0628 e. The van der Waals surface area contributed by atoms with Gasteiger partial charge in [0.15, 0.2) is 0 Å². The second-order valence-electron chi connectivity index (χ2n) is 6.76. The Morgan fingerprint density at radius 3 is 2.37 bits per heavy atom. The van der Waals surface area contributed by atoms with E-state index in [-0.39, 0.29) is 18.1 Å². The first kappa shape index (κ1) is 14.5. The minimum Gasteiger partial charge on any atom is -0.394 e. The van der Waals surface area contributed by atoms with Crippen molar-refractivity contribution in [2.45, 2.75) is 52.0 Å². The molecule has 106 valence electrons. The minimum atomic E-state index is 0.160. The third kappa shape index (κ3) is 3.18. The van der Waals surface area contributed by atoms with Crippen LogP contribution in [0.4, 0.5) is 0 Å². The first-order valence-electron chi connectivity index (χ1n) is 7.39. The van der Waals surface area contributed by atoms with Crippen molar-refractivity contribution in [2.75, 3.05) is 19.7 Å². The number of nitrogens with zero attached hydrogens (tertiary/aromatic N) is 1. The molecule has 1 fully saturated rings. The van der Waals surface area contributed by atoms with Crippen molar-refractivity contribution in [1.29, 1.82) is 0 Å². The molecule has 1 N–H and O–H groups in total. The molecule has 0 radical (unpaired) electrons. The molecule has 2 heteroatoms. The van der Waals surface area contributed by atoms with Gasteiger partial charge in [0, 0.05) is 0 Å². The molecule has 0 saturated carbocycles. The van der Waals surface area contributed by atoms with Gasteiger partial charge in [0.05, 0.1) is 12.6 Å². The van der Waals surface area contributed by atoms with E-state index in [1.807, 2.05) is 0 Å². The molecule has 1 aliphatic heterocycles. The summed E-state index contributed by atoms with van der Waals surface area (Å²) in [4.78, 5) is 2.43. The van der Waals surface area contributed by atoms with Gasteiger partial charge < -0.3 is 5.11 Å². The topological polar surface area (TPSA) is 23.5 Å². The van der Waals surface area contributed by atoms with E-state index in [1.165, 1.54) is 29.5 Å².